The van der Waals surface area contributed by atoms with E-state index in [4.69, 9.17) is 4.74 Å². The number of nitrogens with zero attached hydrogens (tertiary/aromatic N) is 1. The largest absolute Gasteiger partial charge is 0.497 e. The van der Waals surface area contributed by atoms with Gasteiger partial charge in [0.25, 0.3) is 0 Å². The molecule has 1 aromatic carbocycles. The van der Waals surface area contributed by atoms with Crippen molar-refractivity contribution < 1.29 is 9.53 Å². The molecule has 0 heterocycles. The van der Waals surface area contributed by atoms with E-state index in [0.717, 1.165) is 25.3 Å². The van der Waals surface area contributed by atoms with Gasteiger partial charge in [-0.25, -0.2) is 0 Å². The number of hydrogen-bond acceptors (Lipinski definition) is 2. The van der Waals surface area contributed by atoms with Gasteiger partial charge in [-0.05, 0) is 43.9 Å². The fourth-order valence-electron chi connectivity index (χ4n) is 2.80. The monoisotopic (exact) mass is 261 g/mol. The number of carbonyl (C=O) groups is 1. The van der Waals surface area contributed by atoms with E-state index in [1.165, 1.54) is 5.56 Å². The predicted octanol–water partition coefficient (Wildman–Crippen LogP) is 3.06. The molecule has 0 saturated heterocycles. The van der Waals surface area contributed by atoms with Gasteiger partial charge in [-0.3, -0.25) is 4.79 Å². The predicted molar refractivity (Wildman–Crippen MR) is 76.4 cm³/mol. The highest BCUT2D eigenvalue weighted by atomic mass is 16.5. The summed E-state index contributed by atoms with van der Waals surface area (Å²) in [5.74, 6) is 1.51. The molecule has 3 nitrogen and oxygen atoms in total. The van der Waals surface area contributed by atoms with Crippen molar-refractivity contribution in [2.45, 2.75) is 33.1 Å². The van der Waals surface area contributed by atoms with Crippen LogP contribution in [0.15, 0.2) is 24.3 Å². The van der Waals surface area contributed by atoms with E-state index < -0.39 is 0 Å². The summed E-state index contributed by atoms with van der Waals surface area (Å²) in [5, 5.41) is 0. The number of amides is 1. The van der Waals surface area contributed by atoms with Crippen molar-refractivity contribution in [3.63, 3.8) is 0 Å². The molecule has 1 amide bonds. The SMILES string of the molecule is CCN(CC)C(=O)[C@]1(C)C[C@@H]1c1ccc(OC)cc1. The van der Waals surface area contributed by atoms with Crippen LogP contribution >= 0.6 is 0 Å². The van der Waals surface area contributed by atoms with Gasteiger partial charge >= 0.3 is 0 Å². The van der Waals surface area contributed by atoms with E-state index >= 15 is 0 Å². The van der Waals surface area contributed by atoms with E-state index in [-0.39, 0.29) is 5.41 Å². The van der Waals surface area contributed by atoms with Crippen LogP contribution in [0.3, 0.4) is 0 Å². The third-order valence-electron chi connectivity index (χ3n) is 4.29. The molecule has 0 unspecified atom stereocenters. The quantitative estimate of drug-likeness (QED) is 0.815. The molecule has 1 aliphatic rings. The summed E-state index contributed by atoms with van der Waals surface area (Å²) in [6.45, 7) is 7.74. The Bertz CT molecular complexity index is 450. The van der Waals surface area contributed by atoms with Crippen molar-refractivity contribution in [2.75, 3.05) is 20.2 Å². The Kier molecular flexibility index (Phi) is 3.83. The van der Waals surface area contributed by atoms with Gasteiger partial charge in [-0.2, -0.15) is 0 Å². The van der Waals surface area contributed by atoms with E-state index in [2.05, 4.69) is 19.1 Å². The molecule has 3 heteroatoms. The number of hydrogen-bond donors (Lipinski definition) is 0. The highest BCUT2D eigenvalue weighted by Gasteiger charge is 2.57. The summed E-state index contributed by atoms with van der Waals surface area (Å²) in [5.41, 5.74) is 1.03. The summed E-state index contributed by atoms with van der Waals surface area (Å²) in [6, 6.07) is 8.08. The molecule has 2 rings (SSSR count). The molecule has 0 N–H and O–H groups in total. The van der Waals surface area contributed by atoms with Crippen LogP contribution in [0.25, 0.3) is 0 Å². The number of rotatable bonds is 5. The topological polar surface area (TPSA) is 29.5 Å². The zero-order chi connectivity index (χ0) is 14.0. The van der Waals surface area contributed by atoms with Crippen LogP contribution in [0.5, 0.6) is 5.75 Å². The second-order valence-electron chi connectivity index (χ2n) is 5.42. The van der Waals surface area contributed by atoms with Gasteiger partial charge in [0.2, 0.25) is 5.91 Å². The van der Waals surface area contributed by atoms with Crippen LogP contribution in [0.4, 0.5) is 0 Å². The van der Waals surface area contributed by atoms with Crippen molar-refractivity contribution >= 4 is 5.91 Å². The van der Waals surface area contributed by atoms with Crippen molar-refractivity contribution in [3.8, 4) is 5.75 Å². The molecule has 104 valence electrons. The second kappa shape index (κ2) is 5.24. The minimum Gasteiger partial charge on any atom is -0.497 e. The minimum atomic E-state index is -0.208. The summed E-state index contributed by atoms with van der Waals surface area (Å²) in [6.07, 6.45) is 0.953. The van der Waals surface area contributed by atoms with Gasteiger partial charge in [-0.1, -0.05) is 19.1 Å². The Labute approximate surface area is 115 Å². The first kappa shape index (κ1) is 13.9. The maximum atomic E-state index is 12.5. The Balaban J connectivity index is 2.11. The number of ether oxygens (including phenoxy) is 1. The first-order valence-electron chi connectivity index (χ1n) is 7.00. The van der Waals surface area contributed by atoms with E-state index in [1.54, 1.807) is 7.11 Å². The zero-order valence-electron chi connectivity index (χ0n) is 12.3. The molecule has 1 aliphatic carbocycles. The standard InChI is InChI=1S/C16H23NO2/c1-5-17(6-2)15(18)16(3)11-14(16)12-7-9-13(19-4)10-8-12/h7-10,14H,5-6,11H2,1-4H3/t14-,16-/m1/s1. The lowest BCUT2D eigenvalue weighted by Gasteiger charge is -2.23. The molecule has 0 spiro atoms. The summed E-state index contributed by atoms with van der Waals surface area (Å²) in [4.78, 5) is 14.4. The molecule has 1 aromatic rings. The molecule has 0 radical (unpaired) electrons. The highest BCUT2D eigenvalue weighted by molar-refractivity contribution is 5.87. The summed E-state index contributed by atoms with van der Waals surface area (Å²) >= 11 is 0. The molecule has 0 aromatic heterocycles. The highest BCUT2D eigenvalue weighted by Crippen LogP contribution is 2.60. The molecular weight excluding hydrogens is 238 g/mol. The maximum Gasteiger partial charge on any atom is 0.229 e. The molecular formula is C16H23NO2. The summed E-state index contributed by atoms with van der Waals surface area (Å²) < 4.78 is 5.17. The van der Waals surface area contributed by atoms with Crippen molar-refractivity contribution in [1.29, 1.82) is 0 Å². The molecule has 19 heavy (non-hydrogen) atoms. The lowest BCUT2D eigenvalue weighted by Crippen LogP contribution is -2.36. The normalized spacial score (nSPS) is 24.9. The van der Waals surface area contributed by atoms with Gasteiger partial charge in [-0.15, -0.1) is 0 Å². The molecule has 0 bridgehead atoms. The molecule has 1 fully saturated rings. The Morgan fingerprint density at radius 1 is 1.32 bits per heavy atom. The van der Waals surface area contributed by atoms with Crippen LogP contribution in [-0.4, -0.2) is 31.0 Å². The number of benzene rings is 1. The average molecular weight is 261 g/mol. The Morgan fingerprint density at radius 3 is 2.37 bits per heavy atom. The Hall–Kier alpha value is -1.51. The van der Waals surface area contributed by atoms with Gasteiger partial charge in [0.05, 0.1) is 12.5 Å². The number of methoxy groups -OCH3 is 1. The lowest BCUT2D eigenvalue weighted by atomic mass is 9.99. The van der Waals surface area contributed by atoms with Crippen LogP contribution in [0, 0.1) is 5.41 Å². The number of carbonyl (C=O) groups excluding carboxylic acids is 1. The Morgan fingerprint density at radius 2 is 1.89 bits per heavy atom. The van der Waals surface area contributed by atoms with Gasteiger partial charge in [0.1, 0.15) is 5.75 Å². The van der Waals surface area contributed by atoms with Crippen LogP contribution in [0.2, 0.25) is 0 Å². The van der Waals surface area contributed by atoms with Crippen molar-refractivity contribution in [3.05, 3.63) is 29.8 Å². The molecule has 2 atom stereocenters. The molecule has 0 aliphatic heterocycles. The van der Waals surface area contributed by atoms with Gasteiger partial charge < -0.3 is 9.64 Å². The van der Waals surface area contributed by atoms with Crippen LogP contribution < -0.4 is 4.74 Å². The minimum absolute atomic E-state index is 0.208. The smallest absolute Gasteiger partial charge is 0.229 e. The fraction of sp³-hybridized carbons (Fsp3) is 0.562. The average Bonchev–Trinajstić information content (AvgIpc) is 3.14. The van der Waals surface area contributed by atoms with Gasteiger partial charge in [0, 0.05) is 13.1 Å². The maximum absolute atomic E-state index is 12.5. The third-order valence-corrected chi connectivity index (χ3v) is 4.29. The molecule has 1 saturated carbocycles. The van der Waals surface area contributed by atoms with E-state index in [9.17, 15) is 4.79 Å². The van der Waals surface area contributed by atoms with Crippen LogP contribution in [-0.2, 0) is 4.79 Å². The van der Waals surface area contributed by atoms with Crippen molar-refractivity contribution in [1.82, 2.24) is 4.90 Å². The fourth-order valence-corrected chi connectivity index (χ4v) is 2.80. The summed E-state index contributed by atoms with van der Waals surface area (Å²) in [7, 11) is 1.67. The second-order valence-corrected chi connectivity index (χ2v) is 5.42. The van der Waals surface area contributed by atoms with E-state index in [1.807, 2.05) is 30.9 Å². The zero-order valence-corrected chi connectivity index (χ0v) is 12.3. The third kappa shape index (κ3) is 2.46. The first-order chi connectivity index (χ1) is 9.06. The van der Waals surface area contributed by atoms with E-state index in [0.29, 0.717) is 11.8 Å². The lowest BCUT2D eigenvalue weighted by molar-refractivity contribution is -0.136. The van der Waals surface area contributed by atoms with Crippen molar-refractivity contribution in [2.24, 2.45) is 5.41 Å². The first-order valence-corrected chi connectivity index (χ1v) is 7.00. The van der Waals surface area contributed by atoms with Crippen LogP contribution in [0.1, 0.15) is 38.7 Å². The van der Waals surface area contributed by atoms with Gasteiger partial charge in [0.15, 0.2) is 0 Å².